The van der Waals surface area contributed by atoms with E-state index in [1.807, 2.05) is 19.1 Å². The average molecular weight is 373 g/mol. The third kappa shape index (κ3) is 3.03. The van der Waals surface area contributed by atoms with Crippen molar-refractivity contribution in [2.75, 3.05) is 4.72 Å². The van der Waals surface area contributed by atoms with Crippen LogP contribution in [0.2, 0.25) is 0 Å². The maximum absolute atomic E-state index is 12.7. The number of anilines is 1. The second-order valence-corrected chi connectivity index (χ2v) is 7.72. The molecule has 0 fully saturated rings. The number of aromatic nitrogens is 2. The number of rotatable bonds is 4. The van der Waals surface area contributed by atoms with Crippen molar-refractivity contribution in [2.24, 2.45) is 14.1 Å². The van der Waals surface area contributed by atoms with Crippen LogP contribution >= 0.6 is 0 Å². The Labute approximate surface area is 150 Å². The SMILES string of the molecule is CCc1ccc(NS(=O)(=O)c2ccc3c(c2)n(C)c(=O)c(=O)n3C)cc1. The Morgan fingerprint density at radius 2 is 1.46 bits per heavy atom. The Bertz CT molecular complexity index is 1210. The van der Waals surface area contributed by atoms with Gasteiger partial charge in [-0.15, -0.1) is 0 Å². The Morgan fingerprint density at radius 3 is 2.04 bits per heavy atom. The molecule has 0 bridgehead atoms. The second kappa shape index (κ2) is 6.45. The first kappa shape index (κ1) is 17.9. The summed E-state index contributed by atoms with van der Waals surface area (Å²) in [5, 5.41) is 0. The maximum atomic E-state index is 12.7. The molecule has 3 aromatic rings. The monoisotopic (exact) mass is 373 g/mol. The van der Waals surface area contributed by atoms with E-state index in [1.54, 1.807) is 12.1 Å². The molecule has 0 aliphatic carbocycles. The van der Waals surface area contributed by atoms with Gasteiger partial charge in [0, 0.05) is 19.8 Å². The van der Waals surface area contributed by atoms with Gasteiger partial charge in [0.25, 0.3) is 10.0 Å². The summed E-state index contributed by atoms with van der Waals surface area (Å²) in [6, 6.07) is 11.4. The fourth-order valence-electron chi connectivity index (χ4n) is 2.75. The van der Waals surface area contributed by atoms with E-state index in [9.17, 15) is 18.0 Å². The number of benzene rings is 2. The fraction of sp³-hybridized carbons (Fsp3) is 0.222. The van der Waals surface area contributed by atoms with Crippen molar-refractivity contribution < 1.29 is 8.42 Å². The Kier molecular flexibility index (Phi) is 4.45. The molecule has 136 valence electrons. The lowest BCUT2D eigenvalue weighted by molar-refractivity contribution is 0.601. The first-order valence-electron chi connectivity index (χ1n) is 8.06. The smallest absolute Gasteiger partial charge is 0.305 e. The van der Waals surface area contributed by atoms with Crippen LogP contribution in [0, 0.1) is 0 Å². The third-order valence-electron chi connectivity index (χ3n) is 4.39. The van der Waals surface area contributed by atoms with E-state index in [-0.39, 0.29) is 4.90 Å². The van der Waals surface area contributed by atoms with Crippen molar-refractivity contribution in [1.82, 2.24) is 9.13 Å². The maximum Gasteiger partial charge on any atom is 0.316 e. The summed E-state index contributed by atoms with van der Waals surface area (Å²) in [6.45, 7) is 2.02. The molecule has 0 saturated carbocycles. The summed E-state index contributed by atoms with van der Waals surface area (Å²) < 4.78 is 30.3. The highest BCUT2D eigenvalue weighted by Crippen LogP contribution is 2.20. The van der Waals surface area contributed by atoms with Gasteiger partial charge in [0.2, 0.25) is 0 Å². The van der Waals surface area contributed by atoms with Crippen molar-refractivity contribution >= 4 is 26.7 Å². The zero-order valence-corrected chi connectivity index (χ0v) is 15.5. The number of sulfonamides is 1. The predicted octanol–water partition coefficient (Wildman–Crippen LogP) is 1.60. The number of nitrogens with zero attached hydrogens (tertiary/aromatic N) is 2. The van der Waals surface area contributed by atoms with E-state index in [0.29, 0.717) is 16.7 Å². The van der Waals surface area contributed by atoms with Crippen LogP contribution in [0.1, 0.15) is 12.5 Å². The minimum Gasteiger partial charge on any atom is -0.305 e. The molecular formula is C18H19N3O4S. The van der Waals surface area contributed by atoms with Gasteiger partial charge < -0.3 is 9.13 Å². The van der Waals surface area contributed by atoms with Gasteiger partial charge in [-0.05, 0) is 42.3 Å². The van der Waals surface area contributed by atoms with Gasteiger partial charge in [-0.25, -0.2) is 8.42 Å². The lowest BCUT2D eigenvalue weighted by Gasteiger charge is -2.12. The van der Waals surface area contributed by atoms with E-state index in [1.165, 1.54) is 36.9 Å². The molecule has 0 aliphatic heterocycles. The van der Waals surface area contributed by atoms with Crippen LogP contribution in [0.25, 0.3) is 11.0 Å². The molecule has 26 heavy (non-hydrogen) atoms. The number of hydrogen-bond donors (Lipinski definition) is 1. The van der Waals surface area contributed by atoms with E-state index < -0.39 is 21.1 Å². The van der Waals surface area contributed by atoms with Gasteiger partial charge in [-0.3, -0.25) is 14.3 Å². The fourth-order valence-corrected chi connectivity index (χ4v) is 3.83. The number of hydrogen-bond acceptors (Lipinski definition) is 4. The molecule has 0 aliphatic rings. The summed E-state index contributed by atoms with van der Waals surface area (Å²) in [5.74, 6) is 0. The van der Waals surface area contributed by atoms with Crippen LogP contribution in [0.3, 0.4) is 0 Å². The summed E-state index contributed by atoms with van der Waals surface area (Å²) in [4.78, 5) is 23.9. The topological polar surface area (TPSA) is 90.2 Å². The number of fused-ring (bicyclic) bond motifs is 1. The predicted molar refractivity (Wildman–Crippen MR) is 101 cm³/mol. The first-order valence-corrected chi connectivity index (χ1v) is 9.54. The highest BCUT2D eigenvalue weighted by Gasteiger charge is 2.17. The van der Waals surface area contributed by atoms with Gasteiger partial charge in [0.05, 0.1) is 15.9 Å². The Hall–Kier alpha value is -2.87. The third-order valence-corrected chi connectivity index (χ3v) is 5.77. The molecule has 0 radical (unpaired) electrons. The molecule has 2 aromatic carbocycles. The quantitative estimate of drug-likeness (QED) is 0.704. The van der Waals surface area contributed by atoms with Crippen LogP contribution in [0.4, 0.5) is 5.69 Å². The van der Waals surface area contributed by atoms with Gasteiger partial charge in [-0.1, -0.05) is 19.1 Å². The molecule has 0 spiro atoms. The summed E-state index contributed by atoms with van der Waals surface area (Å²) in [7, 11) is -0.906. The van der Waals surface area contributed by atoms with Crippen LogP contribution < -0.4 is 15.8 Å². The van der Waals surface area contributed by atoms with Crippen LogP contribution in [-0.2, 0) is 30.5 Å². The average Bonchev–Trinajstić information content (AvgIpc) is 2.64. The molecule has 7 nitrogen and oxygen atoms in total. The first-order chi connectivity index (χ1) is 12.2. The van der Waals surface area contributed by atoms with Crippen molar-refractivity contribution in [1.29, 1.82) is 0 Å². The van der Waals surface area contributed by atoms with E-state index >= 15 is 0 Å². The van der Waals surface area contributed by atoms with Crippen molar-refractivity contribution in [3.63, 3.8) is 0 Å². The van der Waals surface area contributed by atoms with Gasteiger partial charge >= 0.3 is 11.1 Å². The highest BCUT2D eigenvalue weighted by molar-refractivity contribution is 7.92. The Balaban J connectivity index is 2.09. The van der Waals surface area contributed by atoms with Gasteiger partial charge in [-0.2, -0.15) is 0 Å². The molecule has 1 aromatic heterocycles. The molecular weight excluding hydrogens is 354 g/mol. The molecule has 0 atom stereocenters. The van der Waals surface area contributed by atoms with Crippen molar-refractivity contribution in [3.8, 4) is 0 Å². The molecule has 0 amide bonds. The minimum absolute atomic E-state index is 0.0122. The standard InChI is InChI=1S/C18H19N3O4S/c1-4-12-5-7-13(8-6-12)19-26(24,25)14-9-10-15-16(11-14)21(3)18(23)17(22)20(15)2/h5-11,19H,4H2,1-3H3. The molecule has 8 heteroatoms. The molecule has 1 heterocycles. The molecule has 0 unspecified atom stereocenters. The second-order valence-electron chi connectivity index (χ2n) is 6.03. The molecule has 1 N–H and O–H groups in total. The summed E-state index contributed by atoms with van der Waals surface area (Å²) >= 11 is 0. The van der Waals surface area contributed by atoms with Crippen molar-refractivity contribution in [2.45, 2.75) is 18.2 Å². The number of aryl methyl sites for hydroxylation is 3. The largest absolute Gasteiger partial charge is 0.316 e. The Morgan fingerprint density at radius 1 is 0.885 bits per heavy atom. The number of nitrogens with one attached hydrogen (secondary N) is 1. The van der Waals surface area contributed by atoms with Gasteiger partial charge in [0.15, 0.2) is 0 Å². The van der Waals surface area contributed by atoms with Crippen LogP contribution in [-0.4, -0.2) is 17.6 Å². The van der Waals surface area contributed by atoms with Crippen LogP contribution in [0.15, 0.2) is 56.9 Å². The zero-order chi connectivity index (χ0) is 19.1. The van der Waals surface area contributed by atoms with Crippen LogP contribution in [0.5, 0.6) is 0 Å². The summed E-state index contributed by atoms with van der Waals surface area (Å²) in [5.41, 5.74) is 1.03. The van der Waals surface area contributed by atoms with E-state index in [2.05, 4.69) is 4.72 Å². The molecule has 0 saturated heterocycles. The highest BCUT2D eigenvalue weighted by atomic mass is 32.2. The lowest BCUT2D eigenvalue weighted by atomic mass is 10.2. The minimum atomic E-state index is -3.83. The summed E-state index contributed by atoms with van der Waals surface area (Å²) in [6.07, 6.45) is 0.866. The molecule has 3 rings (SSSR count). The zero-order valence-electron chi connectivity index (χ0n) is 14.7. The lowest BCUT2D eigenvalue weighted by Crippen LogP contribution is -2.39. The van der Waals surface area contributed by atoms with Gasteiger partial charge in [0.1, 0.15) is 0 Å². The van der Waals surface area contributed by atoms with Crippen molar-refractivity contribution in [3.05, 3.63) is 68.7 Å². The van der Waals surface area contributed by atoms with E-state index in [0.717, 1.165) is 16.6 Å². The normalized spacial score (nSPS) is 11.7. The van der Waals surface area contributed by atoms with E-state index in [4.69, 9.17) is 0 Å².